The minimum Gasteiger partial charge on any atom is -0.467 e. The van der Waals surface area contributed by atoms with Gasteiger partial charge < -0.3 is 15.0 Å². The first kappa shape index (κ1) is 20.3. The molecule has 0 aliphatic carbocycles. The van der Waals surface area contributed by atoms with E-state index >= 15 is 0 Å². The van der Waals surface area contributed by atoms with Crippen molar-refractivity contribution in [3.8, 4) is 0 Å². The number of para-hydroxylation sites is 1. The van der Waals surface area contributed by atoms with E-state index in [0.29, 0.717) is 25.4 Å². The van der Waals surface area contributed by atoms with Gasteiger partial charge in [0, 0.05) is 25.4 Å². The van der Waals surface area contributed by atoms with E-state index in [2.05, 4.69) is 11.4 Å². The molecule has 2 aromatic carbocycles. The standard InChI is InChI=1S/C23H25N3O3S/c1-29-22(27)19(15-16-7-3-2-4-8-16)25-23(28)26-13-11-17(12-14-26)21-24-18-9-5-6-10-20(18)30-21/h2-10,17,19H,11-15H2,1H3,(H,25,28). The van der Waals surface area contributed by atoms with Gasteiger partial charge in [-0.25, -0.2) is 14.6 Å². The molecule has 4 rings (SSSR count). The highest BCUT2D eigenvalue weighted by molar-refractivity contribution is 7.18. The van der Waals surface area contributed by atoms with Crippen molar-refractivity contribution in [1.29, 1.82) is 0 Å². The summed E-state index contributed by atoms with van der Waals surface area (Å²) in [6.45, 7) is 1.29. The number of nitrogens with zero attached hydrogens (tertiary/aromatic N) is 2. The highest BCUT2D eigenvalue weighted by atomic mass is 32.1. The summed E-state index contributed by atoms with van der Waals surface area (Å²) in [5.74, 6) is -0.0660. The molecule has 0 bridgehead atoms. The molecule has 1 atom stereocenters. The average molecular weight is 424 g/mol. The smallest absolute Gasteiger partial charge is 0.328 e. The number of carbonyl (C=O) groups is 2. The fraction of sp³-hybridized carbons (Fsp3) is 0.348. The van der Waals surface area contributed by atoms with Crippen molar-refractivity contribution in [3.63, 3.8) is 0 Å². The lowest BCUT2D eigenvalue weighted by Gasteiger charge is -2.32. The van der Waals surface area contributed by atoms with Gasteiger partial charge in [0.2, 0.25) is 0 Å². The van der Waals surface area contributed by atoms with Crippen LogP contribution in [0.2, 0.25) is 0 Å². The van der Waals surface area contributed by atoms with E-state index in [1.54, 1.807) is 16.2 Å². The van der Waals surface area contributed by atoms with Crippen LogP contribution in [0.5, 0.6) is 0 Å². The number of ether oxygens (including phenoxy) is 1. The fourth-order valence-corrected chi connectivity index (χ4v) is 4.96. The van der Waals surface area contributed by atoms with Gasteiger partial charge in [-0.1, -0.05) is 42.5 Å². The van der Waals surface area contributed by atoms with Crippen LogP contribution in [0.3, 0.4) is 0 Å². The zero-order chi connectivity index (χ0) is 20.9. The lowest BCUT2D eigenvalue weighted by Crippen LogP contribution is -2.51. The van der Waals surface area contributed by atoms with Crippen LogP contribution in [-0.2, 0) is 16.0 Å². The lowest BCUT2D eigenvalue weighted by atomic mass is 9.98. The van der Waals surface area contributed by atoms with Crippen molar-refractivity contribution in [2.24, 2.45) is 0 Å². The molecular formula is C23H25N3O3S. The maximum atomic E-state index is 12.8. The molecule has 156 valence electrons. The summed E-state index contributed by atoms with van der Waals surface area (Å²) in [6.07, 6.45) is 2.14. The van der Waals surface area contributed by atoms with Crippen molar-refractivity contribution in [2.45, 2.75) is 31.2 Å². The Kier molecular flexibility index (Phi) is 6.28. The van der Waals surface area contributed by atoms with Crippen LogP contribution < -0.4 is 5.32 Å². The summed E-state index contributed by atoms with van der Waals surface area (Å²) in [7, 11) is 1.34. The molecule has 1 N–H and O–H groups in total. The van der Waals surface area contributed by atoms with Gasteiger partial charge in [-0.15, -0.1) is 11.3 Å². The number of amides is 2. The van der Waals surface area contributed by atoms with Gasteiger partial charge in [-0.05, 0) is 30.5 Å². The predicted octanol–water partition coefficient (Wildman–Crippen LogP) is 3.97. The molecule has 1 fully saturated rings. The van der Waals surface area contributed by atoms with Gasteiger partial charge in [0.25, 0.3) is 0 Å². The number of fused-ring (bicyclic) bond motifs is 1. The number of likely N-dealkylation sites (tertiary alicyclic amines) is 1. The number of hydrogen-bond acceptors (Lipinski definition) is 5. The number of esters is 1. The second-order valence-corrected chi connectivity index (χ2v) is 8.56. The number of rotatable bonds is 5. The molecule has 1 aliphatic rings. The van der Waals surface area contributed by atoms with E-state index in [1.807, 2.05) is 48.5 Å². The van der Waals surface area contributed by atoms with E-state index in [0.717, 1.165) is 28.9 Å². The maximum absolute atomic E-state index is 12.8. The van der Waals surface area contributed by atoms with Crippen LogP contribution in [0.1, 0.15) is 29.3 Å². The van der Waals surface area contributed by atoms with Gasteiger partial charge in [-0.3, -0.25) is 0 Å². The Morgan fingerprint density at radius 3 is 2.53 bits per heavy atom. The summed E-state index contributed by atoms with van der Waals surface area (Å²) in [5, 5.41) is 4.01. The number of hydrogen-bond donors (Lipinski definition) is 1. The predicted molar refractivity (Wildman–Crippen MR) is 118 cm³/mol. The molecular weight excluding hydrogens is 398 g/mol. The van der Waals surface area contributed by atoms with Gasteiger partial charge in [-0.2, -0.15) is 0 Å². The third kappa shape index (κ3) is 4.62. The quantitative estimate of drug-likeness (QED) is 0.631. The third-order valence-electron chi connectivity index (χ3n) is 5.51. The number of nitrogens with one attached hydrogen (secondary N) is 1. The molecule has 7 heteroatoms. The Balaban J connectivity index is 1.36. The van der Waals surface area contributed by atoms with Crippen molar-refractivity contribution >= 4 is 33.6 Å². The Labute approximate surface area is 179 Å². The first-order valence-electron chi connectivity index (χ1n) is 10.2. The summed E-state index contributed by atoms with van der Waals surface area (Å²) in [6, 6.07) is 16.9. The molecule has 0 saturated carbocycles. The number of urea groups is 1. The number of methoxy groups -OCH3 is 1. The van der Waals surface area contributed by atoms with E-state index in [-0.39, 0.29) is 6.03 Å². The number of benzene rings is 2. The van der Waals surface area contributed by atoms with Crippen molar-refractivity contribution in [1.82, 2.24) is 15.2 Å². The van der Waals surface area contributed by atoms with Crippen LogP contribution in [0.25, 0.3) is 10.2 Å². The average Bonchev–Trinajstić information content (AvgIpc) is 3.23. The highest BCUT2D eigenvalue weighted by Crippen LogP contribution is 2.33. The van der Waals surface area contributed by atoms with E-state index in [4.69, 9.17) is 9.72 Å². The Morgan fingerprint density at radius 2 is 1.83 bits per heavy atom. The summed E-state index contributed by atoms with van der Waals surface area (Å²) in [4.78, 5) is 31.5. The number of aromatic nitrogens is 1. The van der Waals surface area contributed by atoms with Gasteiger partial charge in [0.1, 0.15) is 6.04 Å². The van der Waals surface area contributed by atoms with Crippen LogP contribution in [0, 0.1) is 0 Å². The van der Waals surface area contributed by atoms with E-state index in [1.165, 1.54) is 11.8 Å². The number of piperidine rings is 1. The maximum Gasteiger partial charge on any atom is 0.328 e. The molecule has 6 nitrogen and oxygen atoms in total. The molecule has 3 aromatic rings. The minimum atomic E-state index is -0.702. The molecule has 2 amide bonds. The van der Waals surface area contributed by atoms with Crippen LogP contribution in [-0.4, -0.2) is 48.1 Å². The van der Waals surface area contributed by atoms with Crippen molar-refractivity contribution < 1.29 is 14.3 Å². The first-order chi connectivity index (χ1) is 14.6. The molecule has 1 aromatic heterocycles. The van der Waals surface area contributed by atoms with Crippen molar-refractivity contribution in [2.75, 3.05) is 20.2 Å². The fourth-order valence-electron chi connectivity index (χ4n) is 3.82. The normalized spacial score (nSPS) is 15.7. The molecule has 1 saturated heterocycles. The Hall–Kier alpha value is -2.93. The molecule has 1 aliphatic heterocycles. The summed E-state index contributed by atoms with van der Waals surface area (Å²) >= 11 is 1.74. The van der Waals surface area contributed by atoms with Crippen molar-refractivity contribution in [3.05, 3.63) is 65.2 Å². The van der Waals surface area contributed by atoms with E-state index in [9.17, 15) is 9.59 Å². The lowest BCUT2D eigenvalue weighted by molar-refractivity contribution is -0.142. The zero-order valence-electron chi connectivity index (χ0n) is 16.9. The van der Waals surface area contributed by atoms with Gasteiger partial charge in [0.05, 0.1) is 22.3 Å². The summed E-state index contributed by atoms with van der Waals surface area (Å²) in [5.41, 5.74) is 2.02. The van der Waals surface area contributed by atoms with Gasteiger partial charge in [0.15, 0.2) is 0 Å². The third-order valence-corrected chi connectivity index (χ3v) is 6.71. The largest absolute Gasteiger partial charge is 0.467 e. The first-order valence-corrected chi connectivity index (χ1v) is 11.0. The molecule has 0 spiro atoms. The topological polar surface area (TPSA) is 71.5 Å². The van der Waals surface area contributed by atoms with Crippen LogP contribution >= 0.6 is 11.3 Å². The van der Waals surface area contributed by atoms with E-state index < -0.39 is 12.0 Å². The highest BCUT2D eigenvalue weighted by Gasteiger charge is 2.29. The Morgan fingerprint density at radius 1 is 1.13 bits per heavy atom. The molecule has 2 heterocycles. The monoisotopic (exact) mass is 423 g/mol. The second-order valence-electron chi connectivity index (χ2n) is 7.50. The number of carbonyl (C=O) groups excluding carboxylic acids is 2. The SMILES string of the molecule is COC(=O)C(Cc1ccccc1)NC(=O)N1CCC(c2nc3ccccc3s2)CC1. The number of thiazole rings is 1. The zero-order valence-corrected chi connectivity index (χ0v) is 17.7. The van der Waals surface area contributed by atoms with Crippen LogP contribution in [0.4, 0.5) is 4.79 Å². The second kappa shape index (κ2) is 9.26. The summed E-state index contributed by atoms with van der Waals surface area (Å²) < 4.78 is 6.10. The van der Waals surface area contributed by atoms with Gasteiger partial charge >= 0.3 is 12.0 Å². The molecule has 0 radical (unpaired) electrons. The molecule has 30 heavy (non-hydrogen) atoms. The molecule has 1 unspecified atom stereocenters. The minimum absolute atomic E-state index is 0.218. The Bertz CT molecular complexity index is 980. The van der Waals surface area contributed by atoms with Crippen LogP contribution in [0.15, 0.2) is 54.6 Å².